The van der Waals surface area contributed by atoms with Gasteiger partial charge in [0.1, 0.15) is 6.61 Å². The minimum Gasteiger partial charge on any atom is -0.475 e. The summed E-state index contributed by atoms with van der Waals surface area (Å²) in [4.78, 5) is 7.88. The normalized spacial score (nSPS) is 24.6. The average Bonchev–Trinajstić information content (AvgIpc) is 2.72. The van der Waals surface area contributed by atoms with Gasteiger partial charge in [-0.2, -0.15) is 0 Å². The molecule has 0 aliphatic carbocycles. The minimum absolute atomic E-state index is 0.116. The molecule has 1 aliphatic rings. The van der Waals surface area contributed by atoms with Gasteiger partial charge in [-0.25, -0.2) is 4.98 Å². The van der Waals surface area contributed by atoms with Crippen LogP contribution in [0.25, 0.3) is 0 Å². The van der Waals surface area contributed by atoms with Crippen molar-refractivity contribution in [2.24, 2.45) is 0 Å². The van der Waals surface area contributed by atoms with Gasteiger partial charge >= 0.3 is 0 Å². The molecule has 88 valence electrons. The average molecular weight is 224 g/mol. The van der Waals surface area contributed by atoms with Crippen LogP contribution in [-0.2, 0) is 0 Å². The molecular weight excluding hydrogens is 208 g/mol. The van der Waals surface area contributed by atoms with Gasteiger partial charge in [0.15, 0.2) is 0 Å². The van der Waals surface area contributed by atoms with E-state index in [9.17, 15) is 5.11 Å². The number of nitrogens with one attached hydrogen (secondary N) is 2. The van der Waals surface area contributed by atoms with Gasteiger partial charge in [0.25, 0.3) is 0 Å². The molecule has 0 spiro atoms. The van der Waals surface area contributed by atoms with Crippen LogP contribution in [0.2, 0.25) is 0 Å². The quantitative estimate of drug-likeness (QED) is 0.544. The molecule has 0 unspecified atom stereocenters. The van der Waals surface area contributed by atoms with Crippen LogP contribution in [0, 0.1) is 0 Å². The highest BCUT2D eigenvalue weighted by atomic mass is 16.5. The molecule has 1 fully saturated rings. The predicted molar refractivity (Wildman–Crippen MR) is 58.2 cm³/mol. The Morgan fingerprint density at radius 3 is 3.12 bits per heavy atom. The Kier molecular flexibility index (Phi) is 4.03. The van der Waals surface area contributed by atoms with E-state index in [0.717, 1.165) is 6.54 Å². The molecule has 2 atom stereocenters. The number of hydrogen-bond acceptors (Lipinski definition) is 6. The Balaban J connectivity index is 1.62. The first-order chi connectivity index (χ1) is 7.86. The number of ether oxygens (including phenoxy) is 1. The van der Waals surface area contributed by atoms with Gasteiger partial charge in [0, 0.05) is 38.1 Å². The second-order valence-electron chi connectivity index (χ2n) is 3.68. The van der Waals surface area contributed by atoms with E-state index in [-0.39, 0.29) is 12.1 Å². The lowest BCUT2D eigenvalue weighted by Gasteiger charge is -2.15. The summed E-state index contributed by atoms with van der Waals surface area (Å²) in [7, 11) is 0. The largest absolute Gasteiger partial charge is 0.475 e. The van der Waals surface area contributed by atoms with Gasteiger partial charge in [0.2, 0.25) is 5.88 Å². The van der Waals surface area contributed by atoms with E-state index in [1.165, 1.54) is 0 Å². The van der Waals surface area contributed by atoms with Crippen molar-refractivity contribution in [3.05, 3.63) is 18.6 Å². The zero-order valence-corrected chi connectivity index (χ0v) is 8.97. The summed E-state index contributed by atoms with van der Waals surface area (Å²) in [5.41, 5.74) is 0. The molecule has 0 radical (unpaired) electrons. The number of β-amino-alcohol motifs (C(OH)–C–C–N with tert-alkyl or cyclic N) is 1. The molecule has 2 heterocycles. The Bertz CT molecular complexity index is 309. The van der Waals surface area contributed by atoms with E-state index < -0.39 is 0 Å². The fraction of sp³-hybridized carbons (Fsp3) is 0.600. The first kappa shape index (κ1) is 11.3. The van der Waals surface area contributed by atoms with Crippen LogP contribution >= 0.6 is 0 Å². The van der Waals surface area contributed by atoms with Gasteiger partial charge in [-0.3, -0.25) is 4.98 Å². The lowest BCUT2D eigenvalue weighted by atomic mass is 10.2. The molecule has 6 nitrogen and oxygen atoms in total. The molecule has 2 rings (SSSR count). The Morgan fingerprint density at radius 2 is 2.44 bits per heavy atom. The molecule has 6 heteroatoms. The van der Waals surface area contributed by atoms with Crippen LogP contribution in [0.4, 0.5) is 0 Å². The van der Waals surface area contributed by atoms with Gasteiger partial charge in [-0.15, -0.1) is 0 Å². The number of aliphatic hydroxyl groups is 1. The van der Waals surface area contributed by atoms with Crippen LogP contribution in [0.15, 0.2) is 18.6 Å². The van der Waals surface area contributed by atoms with Crippen molar-refractivity contribution in [2.75, 3.05) is 26.2 Å². The summed E-state index contributed by atoms with van der Waals surface area (Å²) in [6.07, 6.45) is 4.46. The Hall–Kier alpha value is -1.24. The zero-order chi connectivity index (χ0) is 11.2. The molecule has 0 aromatic carbocycles. The summed E-state index contributed by atoms with van der Waals surface area (Å²) in [6.45, 7) is 2.65. The molecule has 3 N–H and O–H groups in total. The van der Waals surface area contributed by atoms with E-state index in [2.05, 4.69) is 20.6 Å². The fourth-order valence-electron chi connectivity index (χ4n) is 1.63. The topological polar surface area (TPSA) is 79.3 Å². The minimum atomic E-state index is -0.309. The van der Waals surface area contributed by atoms with Crippen molar-refractivity contribution in [3.63, 3.8) is 0 Å². The monoisotopic (exact) mass is 224 g/mol. The van der Waals surface area contributed by atoms with E-state index in [1.54, 1.807) is 18.6 Å². The smallest absolute Gasteiger partial charge is 0.232 e. The molecule has 1 saturated heterocycles. The molecule has 1 aromatic heterocycles. The van der Waals surface area contributed by atoms with Crippen molar-refractivity contribution in [1.82, 2.24) is 20.6 Å². The van der Waals surface area contributed by atoms with Crippen LogP contribution in [-0.4, -0.2) is 53.5 Å². The zero-order valence-electron chi connectivity index (χ0n) is 8.97. The molecule has 0 saturated carbocycles. The summed E-state index contributed by atoms with van der Waals surface area (Å²) < 4.78 is 5.36. The standard InChI is InChI=1S/C10H16N4O2/c15-9-6-12-5-8(9)13-3-4-16-10-7-11-1-2-14-10/h1-2,7-9,12-13,15H,3-6H2/t8-,9-/m1/s1. The number of aliphatic hydroxyl groups excluding tert-OH is 1. The Labute approximate surface area is 94.1 Å². The number of hydrogen-bond donors (Lipinski definition) is 3. The molecule has 1 aromatic rings. The molecule has 1 aliphatic heterocycles. The van der Waals surface area contributed by atoms with Gasteiger partial charge < -0.3 is 20.5 Å². The van der Waals surface area contributed by atoms with Crippen LogP contribution in [0.3, 0.4) is 0 Å². The van der Waals surface area contributed by atoms with Crippen molar-refractivity contribution in [3.8, 4) is 5.88 Å². The highest BCUT2D eigenvalue weighted by molar-refractivity contribution is 5.00. The van der Waals surface area contributed by atoms with Crippen molar-refractivity contribution in [1.29, 1.82) is 0 Å². The summed E-state index contributed by atoms with van der Waals surface area (Å²) in [5.74, 6) is 0.523. The van der Waals surface area contributed by atoms with Crippen molar-refractivity contribution < 1.29 is 9.84 Å². The second-order valence-corrected chi connectivity index (χ2v) is 3.68. The third-order valence-electron chi connectivity index (χ3n) is 2.48. The highest BCUT2D eigenvalue weighted by Crippen LogP contribution is 2.01. The fourth-order valence-corrected chi connectivity index (χ4v) is 1.63. The van der Waals surface area contributed by atoms with Crippen molar-refractivity contribution >= 4 is 0 Å². The van der Waals surface area contributed by atoms with Gasteiger partial charge in [-0.05, 0) is 0 Å². The van der Waals surface area contributed by atoms with Crippen LogP contribution in [0.5, 0.6) is 5.88 Å². The predicted octanol–water partition coefficient (Wildman–Crippen LogP) is -1.22. The van der Waals surface area contributed by atoms with Crippen LogP contribution in [0.1, 0.15) is 0 Å². The van der Waals surface area contributed by atoms with Gasteiger partial charge in [0.05, 0.1) is 12.3 Å². The number of rotatable bonds is 5. The maximum Gasteiger partial charge on any atom is 0.232 e. The summed E-state index contributed by atoms with van der Waals surface area (Å²) >= 11 is 0. The SMILES string of the molecule is O[C@@H]1CNC[C@H]1NCCOc1cnccn1. The first-order valence-corrected chi connectivity index (χ1v) is 5.37. The van der Waals surface area contributed by atoms with E-state index >= 15 is 0 Å². The maximum atomic E-state index is 9.52. The molecule has 0 bridgehead atoms. The van der Waals surface area contributed by atoms with E-state index in [1.807, 2.05) is 0 Å². The maximum absolute atomic E-state index is 9.52. The molecular formula is C10H16N4O2. The number of nitrogens with zero attached hydrogens (tertiary/aromatic N) is 2. The summed E-state index contributed by atoms with van der Waals surface area (Å²) in [5, 5.41) is 15.8. The molecule has 16 heavy (non-hydrogen) atoms. The van der Waals surface area contributed by atoms with Crippen LogP contribution < -0.4 is 15.4 Å². The highest BCUT2D eigenvalue weighted by Gasteiger charge is 2.23. The van der Waals surface area contributed by atoms with Gasteiger partial charge in [-0.1, -0.05) is 0 Å². The number of aromatic nitrogens is 2. The van der Waals surface area contributed by atoms with E-state index in [0.29, 0.717) is 25.6 Å². The molecule has 0 amide bonds. The lowest BCUT2D eigenvalue weighted by molar-refractivity contribution is 0.159. The third kappa shape index (κ3) is 3.13. The third-order valence-corrected chi connectivity index (χ3v) is 2.48. The Morgan fingerprint density at radius 1 is 1.50 bits per heavy atom. The summed E-state index contributed by atoms with van der Waals surface area (Å²) in [6, 6.07) is 0.116. The lowest BCUT2D eigenvalue weighted by Crippen LogP contribution is -2.41. The second kappa shape index (κ2) is 5.74. The first-order valence-electron chi connectivity index (χ1n) is 5.37. The van der Waals surface area contributed by atoms with E-state index in [4.69, 9.17) is 4.74 Å². The van der Waals surface area contributed by atoms with Crippen molar-refractivity contribution in [2.45, 2.75) is 12.1 Å².